The minimum atomic E-state index is -1.00. The van der Waals surface area contributed by atoms with E-state index in [1.165, 1.54) is 6.79 Å². The van der Waals surface area contributed by atoms with Gasteiger partial charge in [0.15, 0.2) is 0 Å². The van der Waals surface area contributed by atoms with Crippen molar-refractivity contribution in [3.8, 4) is 0 Å². The molecular weight excluding hydrogens is 156 g/mol. The molecule has 0 spiro atoms. The van der Waals surface area contributed by atoms with Crippen LogP contribution in [0.25, 0.3) is 0 Å². The molecule has 0 amide bonds. The van der Waals surface area contributed by atoms with Gasteiger partial charge in [0.1, 0.15) is 13.2 Å². The maximum atomic E-state index is 10.1. The van der Waals surface area contributed by atoms with Crippen LogP contribution in [0.4, 0.5) is 0 Å². The van der Waals surface area contributed by atoms with Crippen LogP contribution >= 0.6 is 0 Å². The molecule has 6 heteroatoms. The van der Waals surface area contributed by atoms with Gasteiger partial charge in [0.25, 0.3) is 0 Å². The van der Waals surface area contributed by atoms with Crippen LogP contribution < -0.4 is 0 Å². The molecule has 0 fully saturated rings. The summed E-state index contributed by atoms with van der Waals surface area (Å²) in [4.78, 5) is 20.2. The second kappa shape index (κ2) is 5.63. The van der Waals surface area contributed by atoms with E-state index < -0.39 is 25.2 Å². The highest BCUT2D eigenvalue weighted by molar-refractivity contribution is 5.72. The number of hydrogen-bond donors (Lipinski definition) is 2. The molecule has 0 aromatic rings. The van der Waals surface area contributed by atoms with E-state index in [-0.39, 0.29) is 0 Å². The van der Waals surface area contributed by atoms with Crippen molar-refractivity contribution in [2.24, 2.45) is 0 Å². The average molecular weight is 162 g/mol. The molecule has 11 heavy (non-hydrogen) atoms. The van der Waals surface area contributed by atoms with E-state index in [0.29, 0.717) is 0 Å². The topological polar surface area (TPSA) is 93.1 Å². The summed E-state index contributed by atoms with van der Waals surface area (Å²) >= 11 is 0. The van der Waals surface area contributed by atoms with E-state index in [9.17, 15) is 9.59 Å². The van der Waals surface area contributed by atoms with Gasteiger partial charge in [-0.05, 0) is 0 Å². The van der Waals surface area contributed by atoms with E-state index in [0.717, 1.165) is 0 Å². The maximum absolute atomic E-state index is 10.1. The molecule has 0 aromatic heterocycles. The second-order valence-corrected chi connectivity index (χ2v) is 1.35. The third-order valence-corrected chi connectivity index (χ3v) is 0.569. The molecule has 0 atom stereocenters. The van der Waals surface area contributed by atoms with Crippen LogP contribution in [0.1, 0.15) is 0 Å². The summed E-state index contributed by atoms with van der Waals surface area (Å²) in [7, 11) is 0. The highest BCUT2D eigenvalue weighted by Gasteiger charge is 2.05. The summed E-state index contributed by atoms with van der Waals surface area (Å²) in [5.74, 6) is -2.01. The lowest BCUT2D eigenvalue weighted by Crippen LogP contribution is -2.12. The molecule has 2 radical (unpaired) electrons. The van der Waals surface area contributed by atoms with Crippen LogP contribution in [0.5, 0.6) is 0 Å². The van der Waals surface area contributed by atoms with Crippen LogP contribution in [0.15, 0.2) is 0 Å². The van der Waals surface area contributed by atoms with Gasteiger partial charge in [0, 0.05) is 0 Å². The Bertz CT molecular complexity index is 126. The Morgan fingerprint density at radius 3 is 1.73 bits per heavy atom. The zero-order valence-corrected chi connectivity index (χ0v) is 5.44. The first kappa shape index (κ1) is 9.86. The lowest BCUT2D eigenvalue weighted by Gasteiger charge is -1.98. The number of ether oxygens (including phenoxy) is 2. The summed E-state index contributed by atoms with van der Waals surface area (Å²) < 4.78 is 7.74. The van der Waals surface area contributed by atoms with Gasteiger partial charge in [0.2, 0.25) is 0 Å². The van der Waals surface area contributed by atoms with Gasteiger partial charge < -0.3 is 19.7 Å². The molecular formula is C5H6O6. The Balaban J connectivity index is 3.27. The fourth-order valence-corrected chi connectivity index (χ4v) is 0.178. The van der Waals surface area contributed by atoms with Gasteiger partial charge in [-0.2, -0.15) is 0 Å². The maximum Gasteiger partial charge on any atom is 0.432 e. The molecule has 62 valence electrons. The highest BCUT2D eigenvalue weighted by atomic mass is 16.7. The predicted molar refractivity (Wildman–Crippen MR) is 29.6 cm³/mol. The first-order valence-electron chi connectivity index (χ1n) is 2.56. The SMILES string of the molecule is O=C(CO)O[C]OC(=O)CO. The van der Waals surface area contributed by atoms with Crippen LogP contribution in [0.2, 0.25) is 0 Å². The molecule has 0 bridgehead atoms. The Labute approximate surface area is 62.3 Å². The Morgan fingerprint density at radius 2 is 1.45 bits per heavy atom. The number of hydrogen-bond acceptors (Lipinski definition) is 6. The second-order valence-electron chi connectivity index (χ2n) is 1.35. The third kappa shape index (κ3) is 5.31. The van der Waals surface area contributed by atoms with Crippen molar-refractivity contribution in [3.63, 3.8) is 0 Å². The van der Waals surface area contributed by atoms with Crippen molar-refractivity contribution in [1.29, 1.82) is 0 Å². The van der Waals surface area contributed by atoms with E-state index >= 15 is 0 Å². The number of esters is 2. The fourth-order valence-electron chi connectivity index (χ4n) is 0.178. The molecule has 2 N–H and O–H groups in total. The monoisotopic (exact) mass is 162 g/mol. The summed E-state index contributed by atoms with van der Waals surface area (Å²) in [6, 6.07) is 0. The van der Waals surface area contributed by atoms with Crippen molar-refractivity contribution >= 4 is 11.9 Å². The Hall–Kier alpha value is -1.14. The zero-order valence-electron chi connectivity index (χ0n) is 5.44. The van der Waals surface area contributed by atoms with Crippen molar-refractivity contribution in [1.82, 2.24) is 0 Å². The Kier molecular flexibility index (Phi) is 5.05. The summed E-state index contributed by atoms with van der Waals surface area (Å²) in [6.45, 7) is -0.192. The minimum absolute atomic E-state index is 0.830. The minimum Gasteiger partial charge on any atom is -0.406 e. The van der Waals surface area contributed by atoms with E-state index in [2.05, 4.69) is 9.47 Å². The molecule has 0 aliphatic carbocycles. The first-order chi connectivity index (χ1) is 5.20. The largest absolute Gasteiger partial charge is 0.432 e. The molecule has 0 saturated carbocycles. The number of aliphatic hydroxyl groups excluding tert-OH is 2. The van der Waals surface area contributed by atoms with Gasteiger partial charge in [-0.3, -0.25) is 0 Å². The standard InChI is InChI=1S/C5H6O6/c6-1-4(8)10-3-11-5(9)2-7/h6-7H,1-2H2. The van der Waals surface area contributed by atoms with Crippen LogP contribution in [0, 0.1) is 6.79 Å². The molecule has 0 rings (SSSR count). The summed E-state index contributed by atoms with van der Waals surface area (Å²) in [5.41, 5.74) is 0. The lowest BCUT2D eigenvalue weighted by molar-refractivity contribution is -0.159. The van der Waals surface area contributed by atoms with Crippen LogP contribution in [0.3, 0.4) is 0 Å². The molecule has 0 unspecified atom stereocenters. The van der Waals surface area contributed by atoms with Crippen molar-refractivity contribution in [2.45, 2.75) is 0 Å². The van der Waals surface area contributed by atoms with Gasteiger partial charge >= 0.3 is 18.7 Å². The highest BCUT2D eigenvalue weighted by Crippen LogP contribution is 1.86. The number of carbonyl (C=O) groups is 2. The number of aliphatic hydroxyl groups is 2. The smallest absolute Gasteiger partial charge is 0.406 e. The summed E-state index contributed by atoms with van der Waals surface area (Å²) in [6.07, 6.45) is 0. The normalized spacial score (nSPS) is 8.91. The van der Waals surface area contributed by atoms with Gasteiger partial charge in [-0.1, -0.05) is 0 Å². The number of rotatable bonds is 4. The predicted octanol–water partition coefficient (Wildman–Crippen LogP) is -1.95. The molecule has 0 aliphatic rings. The molecule has 0 aliphatic heterocycles. The van der Waals surface area contributed by atoms with Crippen molar-refractivity contribution < 1.29 is 29.3 Å². The van der Waals surface area contributed by atoms with Gasteiger partial charge in [-0.15, -0.1) is 0 Å². The first-order valence-corrected chi connectivity index (χ1v) is 2.56. The van der Waals surface area contributed by atoms with Crippen LogP contribution in [-0.4, -0.2) is 35.4 Å². The van der Waals surface area contributed by atoms with Gasteiger partial charge in [-0.25, -0.2) is 9.59 Å². The molecule has 0 heterocycles. The van der Waals surface area contributed by atoms with E-state index in [1.54, 1.807) is 0 Å². The lowest BCUT2D eigenvalue weighted by atomic mass is 10.7. The van der Waals surface area contributed by atoms with E-state index in [1.807, 2.05) is 0 Å². The fraction of sp³-hybridized carbons (Fsp3) is 0.400. The molecule has 6 nitrogen and oxygen atoms in total. The van der Waals surface area contributed by atoms with Crippen LogP contribution in [-0.2, 0) is 19.1 Å². The van der Waals surface area contributed by atoms with Crippen molar-refractivity contribution in [2.75, 3.05) is 13.2 Å². The quantitative estimate of drug-likeness (QED) is 0.467. The van der Waals surface area contributed by atoms with E-state index in [4.69, 9.17) is 10.2 Å². The summed E-state index contributed by atoms with van der Waals surface area (Å²) in [5, 5.41) is 16.1. The Morgan fingerprint density at radius 1 is 1.09 bits per heavy atom. The third-order valence-electron chi connectivity index (χ3n) is 0.569. The average Bonchev–Trinajstić information content (AvgIpc) is 2.04. The molecule has 0 aromatic carbocycles. The molecule has 0 saturated heterocycles. The number of carbonyl (C=O) groups excluding carboxylic acids is 2. The zero-order chi connectivity index (χ0) is 8.69. The van der Waals surface area contributed by atoms with Gasteiger partial charge in [0.05, 0.1) is 0 Å². The van der Waals surface area contributed by atoms with Crippen molar-refractivity contribution in [3.05, 3.63) is 6.79 Å².